The number of hydrogen-bond acceptors (Lipinski definition) is 5. The van der Waals surface area contributed by atoms with Crippen LogP contribution >= 0.6 is 0 Å². The van der Waals surface area contributed by atoms with Crippen molar-refractivity contribution in [2.45, 2.75) is 32.6 Å². The van der Waals surface area contributed by atoms with Crippen molar-refractivity contribution in [1.82, 2.24) is 20.1 Å². The van der Waals surface area contributed by atoms with Crippen LogP contribution in [-0.4, -0.2) is 65.9 Å². The van der Waals surface area contributed by atoms with Crippen LogP contribution in [0.2, 0.25) is 0 Å². The lowest BCUT2D eigenvalue weighted by molar-refractivity contribution is -0.126. The summed E-state index contributed by atoms with van der Waals surface area (Å²) < 4.78 is 5.94. The molecule has 3 aromatic rings. The zero-order valence-corrected chi connectivity index (χ0v) is 20.4. The summed E-state index contributed by atoms with van der Waals surface area (Å²) in [7, 11) is 0. The van der Waals surface area contributed by atoms with Gasteiger partial charge >= 0.3 is 0 Å². The minimum absolute atomic E-state index is 0.00530. The predicted molar refractivity (Wildman–Crippen MR) is 136 cm³/mol. The molecule has 2 fully saturated rings. The van der Waals surface area contributed by atoms with Crippen molar-refractivity contribution in [3.8, 4) is 11.5 Å². The van der Waals surface area contributed by atoms with Crippen LogP contribution in [-0.2, 0) is 4.79 Å². The number of aromatic nitrogens is 1. The van der Waals surface area contributed by atoms with Crippen LogP contribution in [0.25, 0.3) is 22.6 Å². The third-order valence-electron chi connectivity index (χ3n) is 7.53. The fraction of sp³-hybridized carbons (Fsp3) is 0.464. The lowest BCUT2D eigenvalue weighted by atomic mass is 9.84. The highest BCUT2D eigenvalue weighted by atomic mass is 16.3. The smallest absolute Gasteiger partial charge is 0.253 e. The fourth-order valence-corrected chi connectivity index (χ4v) is 5.27. The second-order valence-electron chi connectivity index (χ2n) is 9.83. The van der Waals surface area contributed by atoms with Crippen LogP contribution in [0, 0.1) is 11.8 Å². The molecule has 2 aliphatic rings. The Morgan fingerprint density at radius 3 is 2.54 bits per heavy atom. The Morgan fingerprint density at radius 2 is 1.80 bits per heavy atom. The molecule has 184 valence electrons. The number of nitrogens with one attached hydrogen (secondary N) is 1. The number of amides is 2. The van der Waals surface area contributed by atoms with Crippen molar-refractivity contribution in [3.63, 3.8) is 0 Å². The van der Waals surface area contributed by atoms with Crippen LogP contribution in [0.5, 0.6) is 0 Å². The van der Waals surface area contributed by atoms with E-state index in [1.54, 1.807) is 6.07 Å². The van der Waals surface area contributed by atoms with Crippen LogP contribution in [0.3, 0.4) is 0 Å². The molecule has 0 unspecified atom stereocenters. The van der Waals surface area contributed by atoms with Crippen molar-refractivity contribution in [1.29, 1.82) is 0 Å². The lowest BCUT2D eigenvalue weighted by Gasteiger charge is -2.34. The topological polar surface area (TPSA) is 78.7 Å². The van der Waals surface area contributed by atoms with Gasteiger partial charge in [-0.3, -0.25) is 9.59 Å². The maximum atomic E-state index is 13.2. The molecule has 5 rings (SSSR count). The second kappa shape index (κ2) is 10.6. The van der Waals surface area contributed by atoms with Gasteiger partial charge in [0.05, 0.1) is 0 Å². The zero-order valence-electron chi connectivity index (χ0n) is 20.4. The highest BCUT2D eigenvalue weighted by molar-refractivity contribution is 5.97. The molecule has 1 N–H and O–H groups in total. The maximum absolute atomic E-state index is 13.2. The van der Waals surface area contributed by atoms with Crippen LogP contribution in [0.15, 0.2) is 52.9 Å². The first-order valence-electron chi connectivity index (χ1n) is 12.8. The molecule has 2 aliphatic heterocycles. The summed E-state index contributed by atoms with van der Waals surface area (Å²) in [6.07, 6.45) is 4.22. The van der Waals surface area contributed by atoms with Crippen LogP contribution in [0.4, 0.5) is 0 Å². The molecule has 0 saturated carbocycles. The number of piperidine rings is 1. The van der Waals surface area contributed by atoms with Crippen molar-refractivity contribution in [2.24, 2.45) is 11.8 Å². The van der Waals surface area contributed by atoms with E-state index in [4.69, 9.17) is 4.42 Å². The third kappa shape index (κ3) is 5.40. The largest absolute Gasteiger partial charge is 0.436 e. The van der Waals surface area contributed by atoms with Gasteiger partial charge in [-0.25, -0.2) is 4.98 Å². The molecule has 35 heavy (non-hydrogen) atoms. The Balaban J connectivity index is 1.14. The van der Waals surface area contributed by atoms with Gasteiger partial charge in [0.15, 0.2) is 5.58 Å². The zero-order chi connectivity index (χ0) is 24.2. The van der Waals surface area contributed by atoms with E-state index < -0.39 is 0 Å². The first-order valence-corrected chi connectivity index (χ1v) is 12.8. The Hall–Kier alpha value is -3.19. The highest BCUT2D eigenvalue weighted by Crippen LogP contribution is 2.28. The van der Waals surface area contributed by atoms with Gasteiger partial charge < -0.3 is 19.5 Å². The van der Waals surface area contributed by atoms with E-state index in [0.717, 1.165) is 50.1 Å². The monoisotopic (exact) mass is 474 g/mol. The average Bonchev–Trinajstić information content (AvgIpc) is 3.58. The Bertz CT molecular complexity index is 1160. The van der Waals surface area contributed by atoms with Gasteiger partial charge in [0, 0.05) is 43.2 Å². The molecule has 0 aliphatic carbocycles. The average molecular weight is 475 g/mol. The minimum Gasteiger partial charge on any atom is -0.436 e. The number of nitrogens with zero attached hydrogens (tertiary/aromatic N) is 3. The van der Waals surface area contributed by atoms with E-state index >= 15 is 0 Å². The standard InChI is InChI=1S/C28H34N4O3/c1-20(26(33)29-13-18-31-14-5-6-15-31)21-11-16-32(17-12-21)28(34)23-9-10-24-25(19-23)35-27(30-24)22-7-3-2-4-8-22/h2-4,7-10,19-21H,5-6,11-18H2,1H3,(H,29,33)/t20-/m0/s1. The number of hydrogen-bond donors (Lipinski definition) is 1. The molecular weight excluding hydrogens is 440 g/mol. The molecule has 7 heteroatoms. The van der Waals surface area contributed by atoms with E-state index in [9.17, 15) is 9.59 Å². The van der Waals surface area contributed by atoms with E-state index in [0.29, 0.717) is 36.0 Å². The van der Waals surface area contributed by atoms with E-state index in [1.807, 2.05) is 54.3 Å². The van der Waals surface area contributed by atoms with Gasteiger partial charge in [0.2, 0.25) is 11.8 Å². The van der Waals surface area contributed by atoms with Gasteiger partial charge in [-0.15, -0.1) is 0 Å². The SMILES string of the molecule is C[C@H](C(=O)NCCN1CCCC1)C1CCN(C(=O)c2ccc3nc(-c4ccccc4)oc3c2)CC1. The van der Waals surface area contributed by atoms with Crippen LogP contribution < -0.4 is 5.32 Å². The van der Waals surface area contributed by atoms with Gasteiger partial charge in [0.25, 0.3) is 5.91 Å². The Kier molecular flexibility index (Phi) is 7.13. The number of oxazole rings is 1. The summed E-state index contributed by atoms with van der Waals surface area (Å²) in [6.45, 7) is 7.31. The first-order chi connectivity index (χ1) is 17.1. The quantitative estimate of drug-likeness (QED) is 0.555. The summed E-state index contributed by atoms with van der Waals surface area (Å²) in [5.41, 5.74) is 2.87. The highest BCUT2D eigenvalue weighted by Gasteiger charge is 2.30. The minimum atomic E-state index is -0.0345. The van der Waals surface area contributed by atoms with Gasteiger partial charge in [-0.05, 0) is 75.0 Å². The molecular formula is C28H34N4O3. The summed E-state index contributed by atoms with van der Waals surface area (Å²) in [4.78, 5) is 34.7. The molecule has 0 spiro atoms. The fourth-order valence-electron chi connectivity index (χ4n) is 5.27. The van der Waals surface area contributed by atoms with E-state index in [-0.39, 0.29) is 17.7 Å². The van der Waals surface area contributed by atoms with Gasteiger partial charge in [-0.1, -0.05) is 25.1 Å². The summed E-state index contributed by atoms with van der Waals surface area (Å²) in [5, 5.41) is 3.12. The lowest BCUT2D eigenvalue weighted by Crippen LogP contribution is -2.43. The van der Waals surface area contributed by atoms with Crippen molar-refractivity contribution < 1.29 is 14.0 Å². The molecule has 1 atom stereocenters. The molecule has 2 saturated heterocycles. The molecule has 2 amide bonds. The second-order valence-corrected chi connectivity index (χ2v) is 9.83. The molecule has 1 aromatic heterocycles. The number of carbonyl (C=O) groups excluding carboxylic acids is 2. The van der Waals surface area contributed by atoms with Crippen molar-refractivity contribution in [2.75, 3.05) is 39.3 Å². The molecule has 0 bridgehead atoms. The maximum Gasteiger partial charge on any atom is 0.253 e. The van der Waals surface area contributed by atoms with Gasteiger partial charge in [0.1, 0.15) is 5.52 Å². The van der Waals surface area contributed by atoms with E-state index in [2.05, 4.69) is 15.2 Å². The van der Waals surface area contributed by atoms with Crippen molar-refractivity contribution >= 4 is 22.9 Å². The summed E-state index contributed by atoms with van der Waals surface area (Å²) in [6, 6.07) is 15.2. The van der Waals surface area contributed by atoms with Gasteiger partial charge in [-0.2, -0.15) is 0 Å². The summed E-state index contributed by atoms with van der Waals surface area (Å²) >= 11 is 0. The molecule has 3 heterocycles. The summed E-state index contributed by atoms with van der Waals surface area (Å²) in [5.74, 6) is 0.965. The normalized spacial score (nSPS) is 18.1. The molecule has 2 aromatic carbocycles. The van der Waals surface area contributed by atoms with Crippen molar-refractivity contribution in [3.05, 3.63) is 54.1 Å². The Labute approximate surface area is 206 Å². The Morgan fingerprint density at radius 1 is 1.06 bits per heavy atom. The predicted octanol–water partition coefficient (Wildman–Crippen LogP) is 4.20. The third-order valence-corrected chi connectivity index (χ3v) is 7.53. The van der Waals surface area contributed by atoms with E-state index in [1.165, 1.54) is 12.8 Å². The number of likely N-dealkylation sites (tertiary alicyclic amines) is 2. The molecule has 7 nitrogen and oxygen atoms in total. The number of carbonyl (C=O) groups is 2. The molecule has 0 radical (unpaired) electrons. The number of fused-ring (bicyclic) bond motifs is 1. The number of benzene rings is 2. The number of rotatable bonds is 7. The van der Waals surface area contributed by atoms with Crippen LogP contribution in [0.1, 0.15) is 43.0 Å². The first kappa shape index (κ1) is 23.5.